The van der Waals surface area contributed by atoms with E-state index in [-0.39, 0.29) is 11.9 Å². The van der Waals surface area contributed by atoms with Crippen LogP contribution in [0.25, 0.3) is 11.0 Å². The van der Waals surface area contributed by atoms with E-state index in [1.807, 2.05) is 26.0 Å². The molecule has 244 valence electrons. The Morgan fingerprint density at radius 2 is 1.36 bits per heavy atom. The number of fused-ring (bicyclic) bond motifs is 1. The summed E-state index contributed by atoms with van der Waals surface area (Å²) in [7, 11) is -4.67. The highest BCUT2D eigenvalue weighted by atomic mass is 32.3. The number of esters is 1. The number of nitrogens with zero attached hydrogens (tertiary/aromatic N) is 1. The number of hydrogen-bond acceptors (Lipinski definition) is 7. The molecular formula is C34H49NO8S. The van der Waals surface area contributed by atoms with Crippen molar-refractivity contribution >= 4 is 33.1 Å². The zero-order valence-corrected chi connectivity index (χ0v) is 27.6. The summed E-state index contributed by atoms with van der Waals surface area (Å²) < 4.78 is 43.1. The normalized spacial score (nSPS) is 11.6. The molecule has 0 bridgehead atoms. The Kier molecular flexibility index (Phi) is 15.8. The van der Waals surface area contributed by atoms with Crippen LogP contribution in [0.2, 0.25) is 0 Å². The van der Waals surface area contributed by atoms with Crippen LogP contribution in [0.1, 0.15) is 117 Å². The molecule has 0 fully saturated rings. The van der Waals surface area contributed by atoms with Gasteiger partial charge in [0.1, 0.15) is 11.3 Å². The summed E-state index contributed by atoms with van der Waals surface area (Å²) in [5, 5.41) is 0.674. The lowest BCUT2D eigenvalue weighted by atomic mass is 9.96. The molecule has 2 aromatic carbocycles. The van der Waals surface area contributed by atoms with E-state index in [4.69, 9.17) is 26.7 Å². The van der Waals surface area contributed by atoms with E-state index >= 15 is 0 Å². The molecule has 44 heavy (non-hydrogen) atoms. The summed E-state index contributed by atoms with van der Waals surface area (Å²) in [6.07, 6.45) is 9.48. The van der Waals surface area contributed by atoms with Crippen molar-refractivity contribution in [2.45, 2.75) is 98.5 Å². The Bertz CT molecular complexity index is 1410. The third-order valence-corrected chi connectivity index (χ3v) is 7.14. The highest BCUT2D eigenvalue weighted by molar-refractivity contribution is 7.79. The molecule has 0 aliphatic rings. The van der Waals surface area contributed by atoms with Crippen molar-refractivity contribution in [2.24, 2.45) is 0 Å². The van der Waals surface area contributed by atoms with Gasteiger partial charge in [-0.05, 0) is 89.3 Å². The maximum Gasteiger partial charge on any atom is 0.394 e. The van der Waals surface area contributed by atoms with Crippen LogP contribution in [0, 0.1) is 0 Å². The first-order chi connectivity index (χ1) is 20.9. The summed E-state index contributed by atoms with van der Waals surface area (Å²) in [6.45, 7) is 13.7. The summed E-state index contributed by atoms with van der Waals surface area (Å²) >= 11 is 0. The fourth-order valence-electron chi connectivity index (χ4n) is 4.89. The topological polar surface area (TPSA) is 134 Å². The number of hydrogen-bond donors (Lipinski definition) is 2. The van der Waals surface area contributed by atoms with E-state index in [2.05, 4.69) is 37.8 Å². The van der Waals surface area contributed by atoms with Crippen LogP contribution >= 0.6 is 0 Å². The van der Waals surface area contributed by atoms with Gasteiger partial charge in [0.25, 0.3) is 0 Å². The molecule has 0 radical (unpaired) electrons. The van der Waals surface area contributed by atoms with Gasteiger partial charge in [-0.2, -0.15) is 8.42 Å². The van der Waals surface area contributed by atoms with Gasteiger partial charge < -0.3 is 14.1 Å². The minimum Gasteiger partial charge on any atom is -0.460 e. The second-order valence-corrected chi connectivity index (χ2v) is 12.2. The van der Waals surface area contributed by atoms with Crippen molar-refractivity contribution in [3.8, 4) is 0 Å². The number of carbonyl (C=O) groups excluding carboxylic acids is 2. The molecule has 0 unspecified atom stereocenters. The summed E-state index contributed by atoms with van der Waals surface area (Å²) in [5.41, 5.74) is 3.50. The standard InChI is InChI=1S/C34H47NO4.H2O4S/c1-6-9-14-31-32(29-24-28(19-20-30(29)39-31)34(37)38-25(4)5)33(36)27-17-15-26(16-18-27)13-12-23-35(21-10-7-2)22-11-8-3;1-5(2,3)4/h15-20,24-25H,6-14,21-23H2,1-5H3;(H2,1,2,3,4). The number of ketones is 1. The molecule has 0 aliphatic carbocycles. The fourth-order valence-corrected chi connectivity index (χ4v) is 4.89. The molecule has 0 amide bonds. The summed E-state index contributed by atoms with van der Waals surface area (Å²) in [4.78, 5) is 28.9. The Labute approximate surface area is 262 Å². The number of rotatable bonds is 17. The average Bonchev–Trinajstić information content (AvgIpc) is 3.33. The largest absolute Gasteiger partial charge is 0.460 e. The second kappa shape index (κ2) is 18.7. The third-order valence-electron chi connectivity index (χ3n) is 7.14. The van der Waals surface area contributed by atoms with E-state index in [1.54, 1.807) is 18.2 Å². The highest BCUT2D eigenvalue weighted by Gasteiger charge is 2.23. The van der Waals surface area contributed by atoms with Crippen LogP contribution in [0.3, 0.4) is 0 Å². The predicted octanol–water partition coefficient (Wildman–Crippen LogP) is 7.75. The molecule has 3 aromatic rings. The van der Waals surface area contributed by atoms with Crippen molar-refractivity contribution in [3.63, 3.8) is 0 Å². The van der Waals surface area contributed by atoms with Crippen LogP contribution in [0.5, 0.6) is 0 Å². The molecule has 10 heteroatoms. The Hall–Kier alpha value is -3.05. The summed E-state index contributed by atoms with van der Waals surface area (Å²) in [6, 6.07) is 13.2. The number of benzene rings is 2. The molecule has 1 heterocycles. The van der Waals surface area contributed by atoms with Gasteiger partial charge in [0.2, 0.25) is 0 Å². The van der Waals surface area contributed by atoms with Gasteiger partial charge in [-0.3, -0.25) is 13.9 Å². The minimum absolute atomic E-state index is 0.0638. The van der Waals surface area contributed by atoms with Gasteiger partial charge in [0, 0.05) is 17.4 Å². The molecule has 9 nitrogen and oxygen atoms in total. The smallest absolute Gasteiger partial charge is 0.394 e. The van der Waals surface area contributed by atoms with Gasteiger partial charge in [-0.15, -0.1) is 0 Å². The number of furan rings is 1. The zero-order valence-electron chi connectivity index (χ0n) is 26.8. The number of aryl methyl sites for hydroxylation is 2. The first-order valence-electron chi connectivity index (χ1n) is 15.7. The van der Waals surface area contributed by atoms with Gasteiger partial charge in [-0.25, -0.2) is 4.79 Å². The van der Waals surface area contributed by atoms with E-state index < -0.39 is 16.4 Å². The lowest BCUT2D eigenvalue weighted by Crippen LogP contribution is -2.27. The maximum atomic E-state index is 13.8. The maximum absolute atomic E-state index is 13.8. The molecule has 0 aliphatic heterocycles. The monoisotopic (exact) mass is 631 g/mol. The SMILES string of the molecule is CCCCc1oc2ccc(C(=O)OC(C)C)cc2c1C(=O)c1ccc(CCCN(CCCC)CCCC)cc1.O=S(=O)(O)O. The Balaban J connectivity index is 0.00000125. The number of carbonyl (C=O) groups is 2. The molecule has 3 rings (SSSR count). The van der Waals surface area contributed by atoms with Crippen LogP contribution in [-0.4, -0.2) is 59.9 Å². The van der Waals surface area contributed by atoms with Crippen LogP contribution < -0.4 is 0 Å². The van der Waals surface area contributed by atoms with E-state index in [9.17, 15) is 9.59 Å². The van der Waals surface area contributed by atoms with Crippen molar-refractivity contribution in [2.75, 3.05) is 19.6 Å². The van der Waals surface area contributed by atoms with Crippen molar-refractivity contribution in [1.29, 1.82) is 0 Å². The number of unbranched alkanes of at least 4 members (excludes halogenated alkanes) is 3. The zero-order chi connectivity index (χ0) is 32.7. The molecular weight excluding hydrogens is 582 g/mol. The molecule has 0 atom stereocenters. The lowest BCUT2D eigenvalue weighted by molar-refractivity contribution is 0.0378. The van der Waals surface area contributed by atoms with Crippen LogP contribution in [0.4, 0.5) is 0 Å². The van der Waals surface area contributed by atoms with Crippen molar-refractivity contribution in [3.05, 3.63) is 70.5 Å². The van der Waals surface area contributed by atoms with E-state index in [1.165, 1.54) is 44.3 Å². The molecule has 0 saturated heterocycles. The quantitative estimate of drug-likeness (QED) is 0.0871. The van der Waals surface area contributed by atoms with Gasteiger partial charge in [0.15, 0.2) is 5.78 Å². The molecule has 1 aromatic heterocycles. The van der Waals surface area contributed by atoms with Crippen molar-refractivity contribution in [1.82, 2.24) is 4.90 Å². The van der Waals surface area contributed by atoms with Gasteiger partial charge >= 0.3 is 16.4 Å². The second-order valence-electron chi connectivity index (χ2n) is 11.3. The van der Waals surface area contributed by atoms with E-state index in [0.29, 0.717) is 39.8 Å². The predicted molar refractivity (Wildman–Crippen MR) is 174 cm³/mol. The van der Waals surface area contributed by atoms with Crippen LogP contribution in [0.15, 0.2) is 46.9 Å². The highest BCUT2D eigenvalue weighted by Crippen LogP contribution is 2.31. The lowest BCUT2D eigenvalue weighted by Gasteiger charge is -2.21. The average molecular weight is 632 g/mol. The first-order valence-corrected chi connectivity index (χ1v) is 17.1. The van der Waals surface area contributed by atoms with Crippen LogP contribution in [-0.2, 0) is 28.0 Å². The first kappa shape index (κ1) is 37.1. The molecule has 0 spiro atoms. The fraction of sp³-hybridized carbons (Fsp3) is 0.529. The summed E-state index contributed by atoms with van der Waals surface area (Å²) in [5.74, 6) is 0.231. The number of ether oxygens (including phenoxy) is 1. The van der Waals surface area contributed by atoms with Gasteiger partial charge in [0.05, 0.1) is 17.2 Å². The van der Waals surface area contributed by atoms with Gasteiger partial charge in [-0.1, -0.05) is 64.3 Å². The van der Waals surface area contributed by atoms with Crippen molar-refractivity contribution < 1.29 is 36.3 Å². The molecule has 2 N–H and O–H groups in total. The minimum atomic E-state index is -4.67. The Morgan fingerprint density at radius 1 is 0.818 bits per heavy atom. The third kappa shape index (κ3) is 12.9. The molecule has 0 saturated carbocycles. The van der Waals surface area contributed by atoms with E-state index in [0.717, 1.165) is 32.2 Å². The Morgan fingerprint density at radius 3 is 1.91 bits per heavy atom.